The minimum atomic E-state index is -4.79. The van der Waals surface area contributed by atoms with Crippen LogP contribution in [0.25, 0.3) is 0 Å². The lowest BCUT2D eigenvalue weighted by atomic mass is 10.2. The number of para-hydroxylation sites is 1. The Kier molecular flexibility index (Phi) is 6.84. The molecular weight excluding hydrogens is 351 g/mol. The number of urea groups is 1. The van der Waals surface area contributed by atoms with Crippen molar-refractivity contribution in [2.24, 2.45) is 0 Å². The van der Waals surface area contributed by atoms with Crippen molar-refractivity contribution in [2.45, 2.75) is 44.6 Å². The zero-order chi connectivity index (χ0) is 19.2. The first kappa shape index (κ1) is 20.0. The van der Waals surface area contributed by atoms with Gasteiger partial charge >= 0.3 is 12.4 Å². The van der Waals surface area contributed by atoms with Gasteiger partial charge in [-0.25, -0.2) is 4.79 Å². The number of benzene rings is 1. The standard InChI is InChI=1S/C17H22F3N3O3/c1-23(10-12-6-2-5-9-14(12)26-17(18,19)20)11-15(24)22-16(25)21-13-7-3-4-8-13/h2,5-6,9,13H,3-4,7-8,10-11H2,1H3,(H2,21,22,24,25). The average Bonchev–Trinajstić information content (AvgIpc) is 3.00. The number of amides is 3. The van der Waals surface area contributed by atoms with Gasteiger partial charge in [-0.05, 0) is 26.0 Å². The molecule has 0 spiro atoms. The molecule has 1 aromatic carbocycles. The smallest absolute Gasteiger partial charge is 0.405 e. The molecule has 9 heteroatoms. The molecule has 1 aromatic rings. The number of halogens is 3. The lowest BCUT2D eigenvalue weighted by Crippen LogP contribution is -2.46. The Morgan fingerprint density at radius 3 is 2.54 bits per heavy atom. The number of imide groups is 1. The van der Waals surface area contributed by atoms with Crippen LogP contribution in [0.15, 0.2) is 24.3 Å². The topological polar surface area (TPSA) is 70.7 Å². The molecule has 2 rings (SSSR count). The van der Waals surface area contributed by atoms with Gasteiger partial charge in [-0.15, -0.1) is 13.2 Å². The lowest BCUT2D eigenvalue weighted by molar-refractivity contribution is -0.275. The molecule has 1 fully saturated rings. The SMILES string of the molecule is CN(CC(=O)NC(=O)NC1CCCC1)Cc1ccccc1OC(F)(F)F. The maximum atomic E-state index is 12.4. The van der Waals surface area contributed by atoms with Crippen LogP contribution in [0.3, 0.4) is 0 Å². The molecule has 1 aliphatic rings. The van der Waals surface area contributed by atoms with Crippen molar-refractivity contribution in [3.63, 3.8) is 0 Å². The second-order valence-electron chi connectivity index (χ2n) is 6.33. The fraction of sp³-hybridized carbons (Fsp3) is 0.529. The molecule has 1 aliphatic carbocycles. The zero-order valence-corrected chi connectivity index (χ0v) is 14.4. The number of nitrogens with zero attached hydrogens (tertiary/aromatic N) is 1. The molecule has 6 nitrogen and oxygen atoms in total. The molecule has 26 heavy (non-hydrogen) atoms. The van der Waals surface area contributed by atoms with Crippen molar-refractivity contribution in [2.75, 3.05) is 13.6 Å². The predicted molar refractivity (Wildman–Crippen MR) is 88.4 cm³/mol. The summed E-state index contributed by atoms with van der Waals surface area (Å²) in [5.41, 5.74) is 0.288. The third-order valence-corrected chi connectivity index (χ3v) is 4.00. The molecule has 144 valence electrons. The quantitative estimate of drug-likeness (QED) is 0.805. The van der Waals surface area contributed by atoms with Crippen LogP contribution in [-0.2, 0) is 11.3 Å². The van der Waals surface area contributed by atoms with Crippen LogP contribution in [0.2, 0.25) is 0 Å². The number of nitrogens with one attached hydrogen (secondary N) is 2. The summed E-state index contributed by atoms with van der Waals surface area (Å²) in [5, 5.41) is 4.97. The maximum absolute atomic E-state index is 12.4. The van der Waals surface area contributed by atoms with Crippen molar-refractivity contribution in [3.05, 3.63) is 29.8 Å². The van der Waals surface area contributed by atoms with Crippen LogP contribution in [-0.4, -0.2) is 42.8 Å². The number of likely N-dealkylation sites (N-methyl/N-ethyl adjacent to an activating group) is 1. The Morgan fingerprint density at radius 1 is 1.23 bits per heavy atom. The van der Waals surface area contributed by atoms with E-state index in [2.05, 4.69) is 15.4 Å². The van der Waals surface area contributed by atoms with E-state index in [1.807, 2.05) is 0 Å². The number of carbonyl (C=O) groups is 2. The number of carbonyl (C=O) groups excluding carboxylic acids is 2. The van der Waals surface area contributed by atoms with Gasteiger partial charge < -0.3 is 10.1 Å². The second-order valence-corrected chi connectivity index (χ2v) is 6.33. The number of ether oxygens (including phenoxy) is 1. The molecule has 0 heterocycles. The monoisotopic (exact) mass is 373 g/mol. The Bertz CT molecular complexity index is 631. The van der Waals surface area contributed by atoms with Crippen LogP contribution >= 0.6 is 0 Å². The van der Waals surface area contributed by atoms with Crippen LogP contribution in [0.5, 0.6) is 5.75 Å². The highest BCUT2D eigenvalue weighted by Crippen LogP contribution is 2.26. The summed E-state index contributed by atoms with van der Waals surface area (Å²) in [6.45, 7) is -0.0810. The highest BCUT2D eigenvalue weighted by atomic mass is 19.4. The van der Waals surface area contributed by atoms with E-state index in [4.69, 9.17) is 0 Å². The molecule has 0 aromatic heterocycles. The number of hydrogen-bond acceptors (Lipinski definition) is 4. The van der Waals surface area contributed by atoms with Gasteiger partial charge in [-0.2, -0.15) is 0 Å². The van der Waals surface area contributed by atoms with E-state index >= 15 is 0 Å². The van der Waals surface area contributed by atoms with Gasteiger partial charge in [0.1, 0.15) is 5.75 Å². The normalized spacial score (nSPS) is 15.1. The van der Waals surface area contributed by atoms with Gasteiger partial charge in [0, 0.05) is 18.2 Å². The Hall–Kier alpha value is -2.29. The third kappa shape index (κ3) is 6.91. The Balaban J connectivity index is 1.83. The summed E-state index contributed by atoms with van der Waals surface area (Å²) >= 11 is 0. The number of rotatable bonds is 6. The van der Waals surface area contributed by atoms with E-state index in [0.29, 0.717) is 0 Å². The summed E-state index contributed by atoms with van der Waals surface area (Å²) in [6.07, 6.45) is -0.874. The van der Waals surface area contributed by atoms with E-state index in [-0.39, 0.29) is 30.4 Å². The van der Waals surface area contributed by atoms with E-state index in [1.165, 1.54) is 23.1 Å². The second kappa shape index (κ2) is 8.88. The summed E-state index contributed by atoms with van der Waals surface area (Å²) in [4.78, 5) is 25.2. The summed E-state index contributed by atoms with van der Waals surface area (Å²) in [5.74, 6) is -0.844. The van der Waals surface area contributed by atoms with Gasteiger partial charge in [0.05, 0.1) is 6.54 Å². The van der Waals surface area contributed by atoms with Gasteiger partial charge in [0.25, 0.3) is 0 Å². The molecule has 0 saturated heterocycles. The largest absolute Gasteiger partial charge is 0.573 e. The van der Waals surface area contributed by atoms with Crippen molar-refractivity contribution < 1.29 is 27.5 Å². The Morgan fingerprint density at radius 2 is 1.88 bits per heavy atom. The van der Waals surface area contributed by atoms with E-state index < -0.39 is 18.3 Å². The van der Waals surface area contributed by atoms with E-state index in [9.17, 15) is 22.8 Å². The third-order valence-electron chi connectivity index (χ3n) is 4.00. The van der Waals surface area contributed by atoms with Crippen molar-refractivity contribution in [1.29, 1.82) is 0 Å². The molecule has 0 bridgehead atoms. The molecule has 0 aliphatic heterocycles. The number of hydrogen-bond donors (Lipinski definition) is 2. The molecule has 1 saturated carbocycles. The molecule has 0 unspecified atom stereocenters. The first-order valence-electron chi connectivity index (χ1n) is 8.35. The van der Waals surface area contributed by atoms with Crippen LogP contribution < -0.4 is 15.4 Å². The fourth-order valence-corrected chi connectivity index (χ4v) is 2.91. The molecule has 3 amide bonds. The molecule has 0 radical (unpaired) electrons. The van der Waals surface area contributed by atoms with Gasteiger partial charge in [0.2, 0.25) is 5.91 Å². The predicted octanol–water partition coefficient (Wildman–Crippen LogP) is 2.79. The highest BCUT2D eigenvalue weighted by Gasteiger charge is 2.32. The highest BCUT2D eigenvalue weighted by molar-refractivity contribution is 5.95. The van der Waals surface area contributed by atoms with Gasteiger partial charge in [0.15, 0.2) is 0 Å². The summed E-state index contributed by atoms with van der Waals surface area (Å²) < 4.78 is 41.3. The molecule has 0 atom stereocenters. The van der Waals surface area contributed by atoms with Crippen LogP contribution in [0.4, 0.5) is 18.0 Å². The van der Waals surface area contributed by atoms with Gasteiger partial charge in [-0.3, -0.25) is 15.0 Å². The summed E-state index contributed by atoms with van der Waals surface area (Å²) in [7, 11) is 1.57. The first-order valence-corrected chi connectivity index (χ1v) is 8.35. The number of alkyl halides is 3. The van der Waals surface area contributed by atoms with Crippen molar-refractivity contribution in [1.82, 2.24) is 15.5 Å². The lowest BCUT2D eigenvalue weighted by Gasteiger charge is -2.19. The molecular formula is C17H22F3N3O3. The van der Waals surface area contributed by atoms with Gasteiger partial charge in [-0.1, -0.05) is 31.0 Å². The first-order chi connectivity index (χ1) is 12.2. The minimum Gasteiger partial charge on any atom is -0.405 e. The van der Waals surface area contributed by atoms with E-state index in [0.717, 1.165) is 25.7 Å². The minimum absolute atomic E-state index is 0.0594. The van der Waals surface area contributed by atoms with Crippen LogP contribution in [0, 0.1) is 0 Å². The zero-order valence-electron chi connectivity index (χ0n) is 14.4. The van der Waals surface area contributed by atoms with Crippen LogP contribution in [0.1, 0.15) is 31.2 Å². The van der Waals surface area contributed by atoms with Crippen molar-refractivity contribution in [3.8, 4) is 5.75 Å². The molecule has 2 N–H and O–H groups in total. The van der Waals surface area contributed by atoms with E-state index in [1.54, 1.807) is 13.1 Å². The summed E-state index contributed by atoms with van der Waals surface area (Å²) in [6, 6.07) is 5.27. The van der Waals surface area contributed by atoms with Crippen molar-refractivity contribution >= 4 is 11.9 Å². The maximum Gasteiger partial charge on any atom is 0.573 e. The average molecular weight is 373 g/mol. The fourth-order valence-electron chi connectivity index (χ4n) is 2.91. The Labute approximate surface area is 149 Å².